The molecular weight excluding hydrogens is 286 g/mol. The van der Waals surface area contributed by atoms with Crippen LogP contribution in [0, 0.1) is 5.41 Å². The number of piperidine rings is 1. The molecule has 2 heterocycles. The Morgan fingerprint density at radius 2 is 2.16 bits per heavy atom. The maximum absolute atomic E-state index is 12.1. The van der Waals surface area contributed by atoms with E-state index in [0.29, 0.717) is 6.61 Å². The minimum Gasteiger partial charge on any atom is -0.466 e. The first-order valence-electron chi connectivity index (χ1n) is 6.52. The molecule has 1 fully saturated rings. The average molecular weight is 304 g/mol. The summed E-state index contributed by atoms with van der Waals surface area (Å²) in [5, 5.41) is 1.12. The summed E-state index contributed by atoms with van der Waals surface area (Å²) < 4.78 is 9.19. The summed E-state index contributed by atoms with van der Waals surface area (Å²) >= 11 is 7.04. The zero-order chi connectivity index (χ0) is 13.9. The van der Waals surface area contributed by atoms with Crippen LogP contribution in [0.1, 0.15) is 33.1 Å². The molecule has 1 aromatic heterocycles. The van der Waals surface area contributed by atoms with Crippen molar-refractivity contribution in [1.29, 1.82) is 0 Å². The first-order chi connectivity index (χ1) is 9.11. The highest BCUT2D eigenvalue weighted by molar-refractivity contribution is 7.10. The van der Waals surface area contributed by atoms with Crippen molar-refractivity contribution in [3.05, 3.63) is 5.28 Å². The molecule has 0 radical (unpaired) electrons. The molecule has 0 unspecified atom stereocenters. The number of carbonyl (C=O) groups excluding carboxylic acids is 1. The fourth-order valence-corrected chi connectivity index (χ4v) is 3.30. The van der Waals surface area contributed by atoms with Gasteiger partial charge in [0.1, 0.15) is 0 Å². The first kappa shape index (κ1) is 14.5. The molecule has 0 atom stereocenters. The van der Waals surface area contributed by atoms with Gasteiger partial charge in [0.05, 0.1) is 12.0 Å². The van der Waals surface area contributed by atoms with Crippen LogP contribution in [0.4, 0.5) is 5.13 Å². The standard InChI is InChI=1S/C12H18ClN3O2S/c1-3-12(9(17)18-4-2)5-7-16(8-6-12)11-14-10(13)15-19-11/h3-8H2,1-2H3. The van der Waals surface area contributed by atoms with Crippen molar-refractivity contribution in [3.8, 4) is 0 Å². The molecule has 0 aliphatic carbocycles. The number of halogens is 1. The number of hydrogen-bond donors (Lipinski definition) is 0. The number of aromatic nitrogens is 2. The fraction of sp³-hybridized carbons (Fsp3) is 0.750. The van der Waals surface area contributed by atoms with Crippen molar-refractivity contribution in [2.24, 2.45) is 5.41 Å². The Labute approximate surface area is 122 Å². The Hall–Kier alpha value is -0.880. The Morgan fingerprint density at radius 3 is 2.63 bits per heavy atom. The molecule has 7 heteroatoms. The van der Waals surface area contributed by atoms with Gasteiger partial charge in [-0.25, -0.2) is 0 Å². The van der Waals surface area contributed by atoms with Crippen molar-refractivity contribution < 1.29 is 9.53 Å². The lowest BCUT2D eigenvalue weighted by atomic mass is 9.76. The summed E-state index contributed by atoms with van der Waals surface area (Å²) in [4.78, 5) is 18.4. The summed E-state index contributed by atoms with van der Waals surface area (Å²) in [7, 11) is 0. The summed E-state index contributed by atoms with van der Waals surface area (Å²) in [6, 6.07) is 0. The molecule has 1 aliphatic heterocycles. The fourth-order valence-electron chi connectivity index (χ4n) is 2.44. The van der Waals surface area contributed by atoms with Crippen LogP contribution < -0.4 is 4.90 Å². The lowest BCUT2D eigenvalue weighted by molar-refractivity contribution is -0.157. The van der Waals surface area contributed by atoms with E-state index in [1.54, 1.807) is 0 Å². The normalized spacial score (nSPS) is 18.4. The topological polar surface area (TPSA) is 55.3 Å². The SMILES string of the molecule is CCOC(=O)C1(CC)CCN(c2nc(Cl)ns2)CC1. The minimum absolute atomic E-state index is 0.0625. The highest BCUT2D eigenvalue weighted by Gasteiger charge is 2.41. The van der Waals surface area contributed by atoms with Gasteiger partial charge in [0.15, 0.2) is 0 Å². The molecule has 0 amide bonds. The number of nitrogens with zero attached hydrogens (tertiary/aromatic N) is 3. The third-order valence-electron chi connectivity index (χ3n) is 3.77. The van der Waals surface area contributed by atoms with Gasteiger partial charge in [0.2, 0.25) is 10.4 Å². The number of carbonyl (C=O) groups is 1. The van der Waals surface area contributed by atoms with Crippen LogP contribution in [0.15, 0.2) is 0 Å². The predicted octanol–water partition coefficient (Wildman–Crippen LogP) is 2.75. The summed E-state index contributed by atoms with van der Waals surface area (Å²) in [5.74, 6) is -0.0625. The molecule has 0 saturated carbocycles. The summed E-state index contributed by atoms with van der Waals surface area (Å²) in [6.07, 6.45) is 2.40. The van der Waals surface area contributed by atoms with Crippen LogP contribution in [0.5, 0.6) is 0 Å². The molecule has 2 rings (SSSR count). The Kier molecular flexibility index (Phi) is 4.62. The van der Waals surface area contributed by atoms with Crippen molar-refractivity contribution in [2.75, 3.05) is 24.6 Å². The van der Waals surface area contributed by atoms with Gasteiger partial charge in [-0.2, -0.15) is 9.36 Å². The van der Waals surface area contributed by atoms with Crippen LogP contribution in [-0.2, 0) is 9.53 Å². The maximum atomic E-state index is 12.1. The monoisotopic (exact) mass is 303 g/mol. The Morgan fingerprint density at radius 1 is 1.47 bits per heavy atom. The van der Waals surface area contributed by atoms with E-state index in [1.165, 1.54) is 11.5 Å². The maximum Gasteiger partial charge on any atom is 0.312 e. The smallest absolute Gasteiger partial charge is 0.312 e. The lowest BCUT2D eigenvalue weighted by Crippen LogP contribution is -2.45. The molecule has 0 bridgehead atoms. The molecule has 1 saturated heterocycles. The molecule has 5 nitrogen and oxygen atoms in total. The molecule has 0 aromatic carbocycles. The van der Waals surface area contributed by atoms with Crippen molar-refractivity contribution in [1.82, 2.24) is 9.36 Å². The third-order valence-corrected chi connectivity index (χ3v) is 4.81. The van der Waals surface area contributed by atoms with Crippen LogP contribution in [0.3, 0.4) is 0 Å². The minimum atomic E-state index is -0.332. The second-order valence-electron chi connectivity index (χ2n) is 4.69. The first-order valence-corrected chi connectivity index (χ1v) is 7.68. The third kappa shape index (κ3) is 3.00. The molecule has 0 N–H and O–H groups in total. The Balaban J connectivity index is 2.02. The average Bonchev–Trinajstić information content (AvgIpc) is 2.86. The van der Waals surface area contributed by atoms with Gasteiger partial charge in [-0.05, 0) is 37.8 Å². The van der Waals surface area contributed by atoms with Crippen LogP contribution >= 0.6 is 23.1 Å². The molecular formula is C12H18ClN3O2S. The van der Waals surface area contributed by atoms with Gasteiger partial charge in [-0.15, -0.1) is 0 Å². The molecule has 1 aliphatic rings. The summed E-state index contributed by atoms with van der Waals surface area (Å²) in [5.41, 5.74) is -0.332. The largest absolute Gasteiger partial charge is 0.466 e. The number of anilines is 1. The van der Waals surface area contributed by atoms with E-state index in [0.717, 1.165) is 37.5 Å². The second-order valence-corrected chi connectivity index (χ2v) is 5.76. The van der Waals surface area contributed by atoms with Crippen LogP contribution in [-0.4, -0.2) is 35.0 Å². The molecule has 19 heavy (non-hydrogen) atoms. The quantitative estimate of drug-likeness (QED) is 0.801. The van der Waals surface area contributed by atoms with Gasteiger partial charge in [0, 0.05) is 24.6 Å². The zero-order valence-corrected chi connectivity index (χ0v) is 12.8. The van der Waals surface area contributed by atoms with Gasteiger partial charge in [-0.1, -0.05) is 6.92 Å². The van der Waals surface area contributed by atoms with Gasteiger partial charge in [0.25, 0.3) is 0 Å². The van der Waals surface area contributed by atoms with E-state index in [4.69, 9.17) is 16.3 Å². The molecule has 0 spiro atoms. The number of rotatable bonds is 4. The van der Waals surface area contributed by atoms with Crippen LogP contribution in [0.25, 0.3) is 0 Å². The highest BCUT2D eigenvalue weighted by atomic mass is 35.5. The second kappa shape index (κ2) is 6.05. The van der Waals surface area contributed by atoms with Crippen molar-refractivity contribution >= 4 is 34.2 Å². The molecule has 106 valence electrons. The van der Waals surface area contributed by atoms with Crippen molar-refractivity contribution in [3.63, 3.8) is 0 Å². The Bertz CT molecular complexity index is 444. The van der Waals surface area contributed by atoms with Gasteiger partial charge < -0.3 is 9.64 Å². The predicted molar refractivity (Wildman–Crippen MR) is 75.7 cm³/mol. The molecule has 1 aromatic rings. The number of ether oxygens (including phenoxy) is 1. The van der Waals surface area contributed by atoms with E-state index in [9.17, 15) is 4.79 Å². The van der Waals surface area contributed by atoms with Crippen molar-refractivity contribution in [2.45, 2.75) is 33.1 Å². The van der Waals surface area contributed by atoms with E-state index in [-0.39, 0.29) is 16.7 Å². The van der Waals surface area contributed by atoms with E-state index >= 15 is 0 Å². The highest BCUT2D eigenvalue weighted by Crippen LogP contribution is 2.38. The lowest BCUT2D eigenvalue weighted by Gasteiger charge is -2.39. The van der Waals surface area contributed by atoms with E-state index < -0.39 is 0 Å². The number of esters is 1. The van der Waals surface area contributed by atoms with Gasteiger partial charge in [-0.3, -0.25) is 4.79 Å². The number of hydrogen-bond acceptors (Lipinski definition) is 6. The van der Waals surface area contributed by atoms with E-state index in [1.807, 2.05) is 13.8 Å². The van der Waals surface area contributed by atoms with Gasteiger partial charge >= 0.3 is 5.97 Å². The van der Waals surface area contributed by atoms with Crippen LogP contribution in [0.2, 0.25) is 5.28 Å². The zero-order valence-electron chi connectivity index (χ0n) is 11.2. The summed E-state index contributed by atoms with van der Waals surface area (Å²) in [6.45, 7) is 5.92. The van der Waals surface area contributed by atoms with E-state index in [2.05, 4.69) is 14.3 Å².